The van der Waals surface area contributed by atoms with Crippen LogP contribution in [0.4, 0.5) is 0 Å². The van der Waals surface area contributed by atoms with Crippen molar-refractivity contribution < 1.29 is 0 Å². The van der Waals surface area contributed by atoms with Crippen LogP contribution < -0.4 is 5.32 Å². The minimum Gasteiger partial charge on any atom is -0.308 e. The van der Waals surface area contributed by atoms with E-state index in [2.05, 4.69) is 76.1 Å². The Balaban J connectivity index is 2.57. The van der Waals surface area contributed by atoms with E-state index in [1.165, 1.54) is 11.1 Å². The number of benzene rings is 1. The molecular formula is C17H30N2. The standard InChI is InChI=1S/C17H30N2/c1-14(2)12-19(6)13-16-9-7-8-15(10-16)11-18-17(3,4)5/h7-10,14,18H,11-13H2,1-6H3. The van der Waals surface area contributed by atoms with Gasteiger partial charge < -0.3 is 10.2 Å². The van der Waals surface area contributed by atoms with Crippen LogP contribution >= 0.6 is 0 Å². The maximum Gasteiger partial charge on any atom is 0.0230 e. The Morgan fingerprint density at radius 3 is 2.37 bits per heavy atom. The van der Waals surface area contributed by atoms with Crippen molar-refractivity contribution in [1.82, 2.24) is 10.2 Å². The highest BCUT2D eigenvalue weighted by molar-refractivity contribution is 5.23. The molecule has 0 heterocycles. The minimum atomic E-state index is 0.171. The number of nitrogens with one attached hydrogen (secondary N) is 1. The molecule has 1 aromatic rings. The molecule has 0 fully saturated rings. The molecule has 1 N–H and O–H groups in total. The fourth-order valence-corrected chi connectivity index (χ4v) is 2.20. The second-order valence-corrected chi connectivity index (χ2v) is 7.01. The zero-order valence-corrected chi connectivity index (χ0v) is 13.5. The van der Waals surface area contributed by atoms with Crippen molar-refractivity contribution in [2.75, 3.05) is 13.6 Å². The molecule has 2 nitrogen and oxygen atoms in total. The van der Waals surface area contributed by atoms with Gasteiger partial charge in [0.15, 0.2) is 0 Å². The van der Waals surface area contributed by atoms with Crippen LogP contribution in [0.15, 0.2) is 24.3 Å². The first-order valence-corrected chi connectivity index (χ1v) is 7.27. The zero-order chi connectivity index (χ0) is 14.5. The highest BCUT2D eigenvalue weighted by Crippen LogP contribution is 2.10. The summed E-state index contributed by atoms with van der Waals surface area (Å²) < 4.78 is 0. The maximum absolute atomic E-state index is 3.54. The van der Waals surface area contributed by atoms with Crippen molar-refractivity contribution in [3.8, 4) is 0 Å². The predicted octanol–water partition coefficient (Wildman–Crippen LogP) is 3.66. The lowest BCUT2D eigenvalue weighted by Crippen LogP contribution is -2.35. The topological polar surface area (TPSA) is 15.3 Å². The summed E-state index contributed by atoms with van der Waals surface area (Å²) in [6.45, 7) is 14.2. The first-order chi connectivity index (χ1) is 8.76. The Morgan fingerprint density at radius 2 is 1.79 bits per heavy atom. The van der Waals surface area contributed by atoms with Crippen LogP contribution in [0.2, 0.25) is 0 Å². The van der Waals surface area contributed by atoms with Gasteiger partial charge in [-0.05, 0) is 44.9 Å². The quantitative estimate of drug-likeness (QED) is 0.841. The van der Waals surface area contributed by atoms with Crippen LogP contribution in [0.5, 0.6) is 0 Å². The minimum absolute atomic E-state index is 0.171. The van der Waals surface area contributed by atoms with Gasteiger partial charge in [-0.2, -0.15) is 0 Å². The van der Waals surface area contributed by atoms with Gasteiger partial charge in [0.25, 0.3) is 0 Å². The lowest BCUT2D eigenvalue weighted by Gasteiger charge is -2.22. The summed E-state index contributed by atoms with van der Waals surface area (Å²) in [6, 6.07) is 8.90. The molecule has 0 unspecified atom stereocenters. The fraction of sp³-hybridized carbons (Fsp3) is 0.647. The van der Waals surface area contributed by atoms with Crippen molar-refractivity contribution in [3.63, 3.8) is 0 Å². The van der Waals surface area contributed by atoms with E-state index in [1.54, 1.807) is 0 Å². The van der Waals surface area contributed by atoms with Gasteiger partial charge in [-0.15, -0.1) is 0 Å². The van der Waals surface area contributed by atoms with Gasteiger partial charge in [-0.3, -0.25) is 0 Å². The molecule has 0 aromatic heterocycles. The molecule has 0 amide bonds. The average Bonchev–Trinajstić information content (AvgIpc) is 2.24. The summed E-state index contributed by atoms with van der Waals surface area (Å²) >= 11 is 0. The van der Waals surface area contributed by atoms with E-state index in [0.717, 1.165) is 25.6 Å². The van der Waals surface area contributed by atoms with E-state index >= 15 is 0 Å². The molecule has 0 spiro atoms. The molecule has 1 aromatic carbocycles. The number of hydrogen-bond acceptors (Lipinski definition) is 2. The van der Waals surface area contributed by atoms with E-state index in [1.807, 2.05) is 0 Å². The third-order valence-corrected chi connectivity index (χ3v) is 2.94. The molecule has 0 saturated heterocycles. The summed E-state index contributed by atoms with van der Waals surface area (Å²) in [7, 11) is 2.19. The molecule has 0 aliphatic carbocycles. The highest BCUT2D eigenvalue weighted by Gasteiger charge is 2.09. The van der Waals surface area contributed by atoms with Gasteiger partial charge in [-0.1, -0.05) is 38.1 Å². The normalized spacial score (nSPS) is 12.4. The molecule has 0 aliphatic heterocycles. The van der Waals surface area contributed by atoms with Crippen molar-refractivity contribution in [3.05, 3.63) is 35.4 Å². The Morgan fingerprint density at radius 1 is 1.16 bits per heavy atom. The van der Waals surface area contributed by atoms with Crippen LogP contribution in [0.25, 0.3) is 0 Å². The summed E-state index contributed by atoms with van der Waals surface area (Å²) in [4.78, 5) is 2.39. The van der Waals surface area contributed by atoms with Crippen LogP contribution in [-0.2, 0) is 13.1 Å². The number of nitrogens with zero attached hydrogens (tertiary/aromatic N) is 1. The van der Waals surface area contributed by atoms with Gasteiger partial charge in [0.05, 0.1) is 0 Å². The SMILES string of the molecule is CC(C)CN(C)Cc1cccc(CNC(C)(C)C)c1. The van der Waals surface area contributed by atoms with Gasteiger partial charge in [-0.25, -0.2) is 0 Å². The third kappa shape index (κ3) is 7.34. The summed E-state index contributed by atoms with van der Waals surface area (Å²) in [5.41, 5.74) is 2.94. The van der Waals surface area contributed by atoms with Crippen LogP contribution in [0.3, 0.4) is 0 Å². The van der Waals surface area contributed by atoms with Gasteiger partial charge >= 0.3 is 0 Å². The van der Waals surface area contributed by atoms with Gasteiger partial charge in [0.1, 0.15) is 0 Å². The second-order valence-electron chi connectivity index (χ2n) is 7.01. The van der Waals surface area contributed by atoms with Crippen LogP contribution in [0.1, 0.15) is 45.7 Å². The first kappa shape index (κ1) is 16.2. The smallest absolute Gasteiger partial charge is 0.0230 e. The summed E-state index contributed by atoms with van der Waals surface area (Å²) in [5.74, 6) is 0.718. The predicted molar refractivity (Wildman–Crippen MR) is 84.2 cm³/mol. The second kappa shape index (κ2) is 7.06. The Hall–Kier alpha value is -0.860. The van der Waals surface area contributed by atoms with Crippen LogP contribution in [0, 0.1) is 5.92 Å². The Bertz CT molecular complexity index is 377. The first-order valence-electron chi connectivity index (χ1n) is 7.27. The molecule has 2 heteroatoms. The highest BCUT2D eigenvalue weighted by atomic mass is 15.1. The molecule has 19 heavy (non-hydrogen) atoms. The Labute approximate surface area is 119 Å². The maximum atomic E-state index is 3.54. The van der Waals surface area contributed by atoms with E-state index in [0.29, 0.717) is 0 Å². The lowest BCUT2D eigenvalue weighted by atomic mass is 10.1. The summed E-state index contributed by atoms with van der Waals surface area (Å²) in [5, 5.41) is 3.54. The van der Waals surface area contributed by atoms with E-state index in [-0.39, 0.29) is 5.54 Å². The van der Waals surface area contributed by atoms with E-state index in [9.17, 15) is 0 Å². The van der Waals surface area contributed by atoms with Crippen molar-refractivity contribution in [1.29, 1.82) is 0 Å². The molecule has 0 radical (unpaired) electrons. The molecule has 0 aliphatic rings. The lowest BCUT2D eigenvalue weighted by molar-refractivity contribution is 0.288. The molecule has 108 valence electrons. The van der Waals surface area contributed by atoms with Crippen molar-refractivity contribution in [2.24, 2.45) is 5.92 Å². The van der Waals surface area contributed by atoms with Crippen molar-refractivity contribution >= 4 is 0 Å². The monoisotopic (exact) mass is 262 g/mol. The molecular weight excluding hydrogens is 232 g/mol. The molecule has 1 rings (SSSR count). The fourth-order valence-electron chi connectivity index (χ4n) is 2.20. The number of hydrogen-bond donors (Lipinski definition) is 1. The average molecular weight is 262 g/mol. The summed E-state index contributed by atoms with van der Waals surface area (Å²) in [6.07, 6.45) is 0. The largest absolute Gasteiger partial charge is 0.308 e. The third-order valence-electron chi connectivity index (χ3n) is 2.94. The van der Waals surface area contributed by atoms with Gasteiger partial charge in [0.2, 0.25) is 0 Å². The van der Waals surface area contributed by atoms with E-state index < -0.39 is 0 Å². The molecule has 0 atom stereocenters. The van der Waals surface area contributed by atoms with Gasteiger partial charge in [0, 0.05) is 25.2 Å². The molecule has 0 bridgehead atoms. The molecule has 0 saturated carbocycles. The Kier molecular flexibility index (Phi) is 6.02. The van der Waals surface area contributed by atoms with Crippen molar-refractivity contribution in [2.45, 2.75) is 53.2 Å². The van der Waals surface area contributed by atoms with E-state index in [4.69, 9.17) is 0 Å². The zero-order valence-electron chi connectivity index (χ0n) is 13.5. The number of rotatable bonds is 6. The van der Waals surface area contributed by atoms with Crippen LogP contribution in [-0.4, -0.2) is 24.0 Å².